The molecule has 4 nitrogen and oxygen atoms in total. The molecule has 0 aliphatic carbocycles. The van der Waals surface area contributed by atoms with Gasteiger partial charge in [0.25, 0.3) is 0 Å². The Hall–Kier alpha value is -7.73. The molecule has 0 aliphatic heterocycles. The van der Waals surface area contributed by atoms with Crippen molar-refractivity contribution in [3.8, 4) is 67.4 Å². The van der Waals surface area contributed by atoms with E-state index in [1.165, 1.54) is 25.7 Å². The van der Waals surface area contributed by atoms with Crippen molar-refractivity contribution in [1.82, 2.24) is 15.0 Å². The number of rotatable bonds is 6. The summed E-state index contributed by atoms with van der Waals surface area (Å²) in [6.07, 6.45) is 0. The van der Waals surface area contributed by atoms with Crippen LogP contribution in [0, 0.1) is 0 Å². The Labute approximate surface area is 349 Å². The van der Waals surface area contributed by atoms with Gasteiger partial charge < -0.3 is 4.42 Å². The third-order valence-corrected chi connectivity index (χ3v) is 12.7. The molecule has 5 heteroatoms. The fourth-order valence-corrected chi connectivity index (χ4v) is 9.87. The fourth-order valence-electron chi connectivity index (χ4n) is 8.63. The predicted octanol–water partition coefficient (Wildman–Crippen LogP) is 15.3. The second-order valence-electron chi connectivity index (χ2n) is 15.1. The summed E-state index contributed by atoms with van der Waals surface area (Å²) in [5.41, 5.74) is 13.6. The van der Waals surface area contributed by atoms with Crippen molar-refractivity contribution in [2.45, 2.75) is 0 Å². The molecule has 12 rings (SSSR count). The number of benzene rings is 8. The third-order valence-electron chi connectivity index (χ3n) is 11.5. The summed E-state index contributed by atoms with van der Waals surface area (Å²) in [5, 5.41) is 5.80. The molecular weight excluding hydrogens is 751 g/mol. The molecule has 0 amide bonds. The van der Waals surface area contributed by atoms with E-state index in [1.54, 1.807) is 0 Å². The molecular formula is C55H33N3OS. The molecule has 0 saturated carbocycles. The van der Waals surface area contributed by atoms with Crippen LogP contribution in [0.1, 0.15) is 0 Å². The maximum Gasteiger partial charge on any atom is 0.162 e. The first kappa shape index (κ1) is 34.3. The topological polar surface area (TPSA) is 51.8 Å². The van der Waals surface area contributed by atoms with Crippen LogP contribution in [0.25, 0.3) is 120 Å². The molecule has 0 saturated heterocycles. The average Bonchev–Trinajstić information content (AvgIpc) is 3.91. The van der Waals surface area contributed by atoms with Crippen molar-refractivity contribution >= 4 is 64.4 Å². The maximum absolute atomic E-state index is 6.63. The Morgan fingerprint density at radius 1 is 0.383 bits per heavy atom. The largest absolute Gasteiger partial charge is 0.454 e. The van der Waals surface area contributed by atoms with Gasteiger partial charge in [-0.25, -0.2) is 15.0 Å². The monoisotopic (exact) mass is 783 g/mol. The van der Waals surface area contributed by atoms with E-state index in [4.69, 9.17) is 19.4 Å². The van der Waals surface area contributed by atoms with Crippen LogP contribution in [0.5, 0.6) is 0 Å². The van der Waals surface area contributed by atoms with Gasteiger partial charge in [0.1, 0.15) is 11.3 Å². The molecule has 0 N–H and O–H groups in total. The Bertz CT molecular complexity index is 3590. The van der Waals surface area contributed by atoms with Gasteiger partial charge in [-0.15, -0.1) is 11.3 Å². The molecule has 4 aromatic heterocycles. The standard InChI is InChI=1S/C55H33N3OS/c1-3-14-34(15-4-1)40-22-12-25-45-50-44-21-7-9-26-48(44)59-53(50)51(58-52(40)45)36-28-30-37(31-29-36)55-56-46(35-16-5-2-6-17-35)33-47(57-55)39-19-11-18-38(32-39)41-23-13-24-43-42-20-8-10-27-49(42)60-54(41)43/h1-33H. The molecule has 4 heterocycles. The molecule has 8 aromatic carbocycles. The first-order valence-corrected chi connectivity index (χ1v) is 20.9. The lowest BCUT2D eigenvalue weighted by atomic mass is 9.97. The molecule has 0 fully saturated rings. The summed E-state index contributed by atoms with van der Waals surface area (Å²) in [4.78, 5) is 15.8. The van der Waals surface area contributed by atoms with Crippen LogP contribution in [-0.4, -0.2) is 15.0 Å². The number of hydrogen-bond donors (Lipinski definition) is 0. The SMILES string of the molecule is c1ccc(-c2cc(-c3cccc(-c4cccc5c4sc4ccccc45)c3)nc(-c3ccc(-c4nc5c(-c6ccccc6)cccc5c5c4oc4ccccc45)cc3)n2)cc1. The highest BCUT2D eigenvalue weighted by atomic mass is 32.1. The smallest absolute Gasteiger partial charge is 0.162 e. The summed E-state index contributed by atoms with van der Waals surface area (Å²) < 4.78 is 9.22. The van der Waals surface area contributed by atoms with Gasteiger partial charge in [0.05, 0.1) is 16.9 Å². The molecule has 0 bridgehead atoms. The van der Waals surface area contributed by atoms with E-state index >= 15 is 0 Å². The van der Waals surface area contributed by atoms with Crippen LogP contribution in [0.3, 0.4) is 0 Å². The van der Waals surface area contributed by atoms with E-state index in [-0.39, 0.29) is 0 Å². The van der Waals surface area contributed by atoms with Crippen LogP contribution in [0.2, 0.25) is 0 Å². The number of para-hydroxylation sites is 2. The Kier molecular flexibility index (Phi) is 8.00. The average molecular weight is 784 g/mol. The lowest BCUT2D eigenvalue weighted by molar-refractivity contribution is 0.669. The van der Waals surface area contributed by atoms with Crippen molar-refractivity contribution in [2.24, 2.45) is 0 Å². The minimum Gasteiger partial charge on any atom is -0.454 e. The molecule has 0 unspecified atom stereocenters. The predicted molar refractivity (Wildman–Crippen MR) is 250 cm³/mol. The van der Waals surface area contributed by atoms with Crippen LogP contribution < -0.4 is 0 Å². The van der Waals surface area contributed by atoms with E-state index in [0.29, 0.717) is 5.82 Å². The second-order valence-corrected chi connectivity index (χ2v) is 16.1. The minimum absolute atomic E-state index is 0.654. The highest BCUT2D eigenvalue weighted by Gasteiger charge is 2.20. The normalized spacial score (nSPS) is 11.7. The lowest BCUT2D eigenvalue weighted by Crippen LogP contribution is -1.96. The first-order chi connectivity index (χ1) is 29.7. The number of aromatic nitrogens is 3. The van der Waals surface area contributed by atoms with Gasteiger partial charge in [-0.1, -0.05) is 176 Å². The summed E-state index contributed by atoms with van der Waals surface area (Å²) >= 11 is 1.85. The fraction of sp³-hybridized carbons (Fsp3) is 0. The van der Waals surface area contributed by atoms with Crippen LogP contribution in [-0.2, 0) is 0 Å². The maximum atomic E-state index is 6.63. The van der Waals surface area contributed by atoms with Crippen molar-refractivity contribution in [2.75, 3.05) is 0 Å². The summed E-state index contributed by atoms with van der Waals surface area (Å²) in [5.74, 6) is 0.654. The van der Waals surface area contributed by atoms with Crippen molar-refractivity contribution in [3.05, 3.63) is 200 Å². The second kappa shape index (κ2) is 14.0. The Morgan fingerprint density at radius 3 is 1.80 bits per heavy atom. The van der Waals surface area contributed by atoms with Gasteiger partial charge in [0.15, 0.2) is 11.4 Å². The highest BCUT2D eigenvalue weighted by molar-refractivity contribution is 7.26. The first-order valence-electron chi connectivity index (χ1n) is 20.1. The van der Waals surface area contributed by atoms with Crippen molar-refractivity contribution in [3.63, 3.8) is 0 Å². The molecule has 0 spiro atoms. The molecule has 0 aliphatic rings. The van der Waals surface area contributed by atoms with Crippen LogP contribution in [0.4, 0.5) is 0 Å². The third kappa shape index (κ3) is 5.70. The molecule has 12 aromatic rings. The lowest BCUT2D eigenvalue weighted by Gasteiger charge is -2.12. The van der Waals surface area contributed by atoms with Crippen molar-refractivity contribution < 1.29 is 4.42 Å². The minimum atomic E-state index is 0.654. The summed E-state index contributed by atoms with van der Waals surface area (Å²) in [6, 6.07) is 70.1. The number of thiophene rings is 1. The van der Waals surface area contributed by atoms with Gasteiger partial charge in [-0.05, 0) is 41.0 Å². The summed E-state index contributed by atoms with van der Waals surface area (Å²) in [6.45, 7) is 0. The number of nitrogens with zero attached hydrogens (tertiary/aromatic N) is 3. The molecule has 0 radical (unpaired) electrons. The van der Waals surface area contributed by atoms with Crippen LogP contribution in [0.15, 0.2) is 205 Å². The molecule has 280 valence electrons. The Morgan fingerprint density at radius 2 is 0.983 bits per heavy atom. The van der Waals surface area contributed by atoms with E-state index in [2.05, 4.69) is 176 Å². The zero-order valence-corrected chi connectivity index (χ0v) is 33.0. The van der Waals surface area contributed by atoms with Gasteiger partial charge >= 0.3 is 0 Å². The zero-order valence-electron chi connectivity index (χ0n) is 32.2. The van der Waals surface area contributed by atoms with Gasteiger partial charge in [-0.2, -0.15) is 0 Å². The van der Waals surface area contributed by atoms with Gasteiger partial charge in [-0.3, -0.25) is 0 Å². The van der Waals surface area contributed by atoms with Crippen molar-refractivity contribution in [1.29, 1.82) is 0 Å². The quantitative estimate of drug-likeness (QED) is 0.169. The Balaban J connectivity index is 0.994. The van der Waals surface area contributed by atoms with Crippen LogP contribution >= 0.6 is 11.3 Å². The van der Waals surface area contributed by atoms with Gasteiger partial charge in [0, 0.05) is 64.1 Å². The van der Waals surface area contributed by atoms with E-state index in [9.17, 15) is 0 Å². The highest BCUT2D eigenvalue weighted by Crippen LogP contribution is 2.43. The van der Waals surface area contributed by atoms with E-state index in [0.717, 1.165) is 88.9 Å². The van der Waals surface area contributed by atoms with E-state index in [1.807, 2.05) is 35.6 Å². The number of pyridine rings is 1. The zero-order chi connectivity index (χ0) is 39.6. The number of hydrogen-bond acceptors (Lipinski definition) is 5. The molecule has 60 heavy (non-hydrogen) atoms. The number of fused-ring (bicyclic) bond motifs is 8. The number of furan rings is 1. The van der Waals surface area contributed by atoms with E-state index < -0.39 is 0 Å². The van der Waals surface area contributed by atoms with Gasteiger partial charge in [0.2, 0.25) is 0 Å². The summed E-state index contributed by atoms with van der Waals surface area (Å²) in [7, 11) is 0. The molecule has 0 atom stereocenters.